The number of benzene rings is 1. The fraction of sp³-hybridized carbons (Fsp3) is 0.562. The van der Waals surface area contributed by atoms with Crippen molar-refractivity contribution < 1.29 is 4.79 Å². The highest BCUT2D eigenvalue weighted by molar-refractivity contribution is 6.34. The second-order valence-corrected chi connectivity index (χ2v) is 7.06. The summed E-state index contributed by atoms with van der Waals surface area (Å²) in [6.07, 6.45) is 4.08. The van der Waals surface area contributed by atoms with E-state index < -0.39 is 0 Å². The van der Waals surface area contributed by atoms with E-state index in [1.54, 1.807) is 6.07 Å². The third-order valence-electron chi connectivity index (χ3n) is 4.74. The van der Waals surface area contributed by atoms with E-state index in [-0.39, 0.29) is 24.2 Å². The number of rotatable bonds is 4. The molecular formula is C16H21Cl3N2O. The van der Waals surface area contributed by atoms with Gasteiger partial charge in [0.2, 0.25) is 5.91 Å². The van der Waals surface area contributed by atoms with Gasteiger partial charge in [-0.25, -0.2) is 0 Å². The van der Waals surface area contributed by atoms with Crippen molar-refractivity contribution in [3.63, 3.8) is 0 Å². The van der Waals surface area contributed by atoms with Crippen LogP contribution in [0.25, 0.3) is 0 Å². The van der Waals surface area contributed by atoms with Crippen LogP contribution in [0.1, 0.15) is 24.8 Å². The van der Waals surface area contributed by atoms with Gasteiger partial charge in [-0.15, -0.1) is 12.4 Å². The molecule has 1 aromatic carbocycles. The molecule has 1 spiro atoms. The van der Waals surface area contributed by atoms with Gasteiger partial charge < -0.3 is 10.6 Å². The molecule has 3 nitrogen and oxygen atoms in total. The van der Waals surface area contributed by atoms with E-state index in [2.05, 4.69) is 10.6 Å². The van der Waals surface area contributed by atoms with Crippen LogP contribution < -0.4 is 10.6 Å². The molecule has 1 saturated heterocycles. The Hall–Kier alpha value is -0.480. The molecule has 1 atom stereocenters. The predicted octanol–water partition coefficient (Wildman–Crippen LogP) is 3.46. The summed E-state index contributed by atoms with van der Waals surface area (Å²) >= 11 is 11.9. The van der Waals surface area contributed by atoms with Gasteiger partial charge in [-0.3, -0.25) is 4.79 Å². The third kappa shape index (κ3) is 4.08. The third-order valence-corrected chi connectivity index (χ3v) is 5.18. The minimum absolute atomic E-state index is 0. The van der Waals surface area contributed by atoms with Gasteiger partial charge in [-0.1, -0.05) is 23.2 Å². The van der Waals surface area contributed by atoms with E-state index in [4.69, 9.17) is 23.2 Å². The van der Waals surface area contributed by atoms with E-state index in [1.165, 1.54) is 0 Å². The average Bonchev–Trinajstić information content (AvgIpc) is 3.12. The number of hydrogen-bond donors (Lipinski definition) is 2. The van der Waals surface area contributed by atoms with Crippen molar-refractivity contribution in [2.24, 2.45) is 11.3 Å². The Morgan fingerprint density at radius 2 is 1.86 bits per heavy atom. The molecule has 2 N–H and O–H groups in total. The maximum absolute atomic E-state index is 12.2. The first kappa shape index (κ1) is 17.9. The standard InChI is InChI=1S/C16H20Cl2N2O.ClH/c17-12-7-11(8-13(18)9-12)1-4-20-15(21)14-10-16(14)2-5-19-6-3-16;/h7-9,14,19H,1-6,10H2,(H,20,21);1H. The zero-order valence-corrected chi connectivity index (χ0v) is 14.7. The minimum Gasteiger partial charge on any atom is -0.356 e. The molecule has 1 amide bonds. The molecule has 0 aromatic heterocycles. The molecule has 122 valence electrons. The number of piperidine rings is 1. The fourth-order valence-electron chi connectivity index (χ4n) is 3.40. The van der Waals surface area contributed by atoms with Gasteiger partial charge >= 0.3 is 0 Å². The lowest BCUT2D eigenvalue weighted by Crippen LogP contribution is -2.34. The summed E-state index contributed by atoms with van der Waals surface area (Å²) in [6, 6.07) is 5.51. The van der Waals surface area contributed by atoms with Crippen LogP contribution in [0, 0.1) is 11.3 Å². The molecule has 1 unspecified atom stereocenters. The Bertz CT molecular complexity index is 524. The molecule has 1 saturated carbocycles. The van der Waals surface area contributed by atoms with Crippen molar-refractivity contribution in [1.29, 1.82) is 0 Å². The molecule has 1 aliphatic heterocycles. The Balaban J connectivity index is 0.00000176. The second-order valence-electron chi connectivity index (χ2n) is 6.19. The Kier molecular flexibility index (Phi) is 6.00. The lowest BCUT2D eigenvalue weighted by Gasteiger charge is -2.23. The van der Waals surface area contributed by atoms with E-state index in [9.17, 15) is 4.79 Å². The molecule has 1 heterocycles. The average molecular weight is 364 g/mol. The maximum atomic E-state index is 12.2. The summed E-state index contributed by atoms with van der Waals surface area (Å²) in [4.78, 5) is 12.2. The first-order valence-corrected chi connectivity index (χ1v) is 8.28. The first-order chi connectivity index (χ1) is 10.1. The highest BCUT2D eigenvalue weighted by atomic mass is 35.5. The van der Waals surface area contributed by atoms with Crippen molar-refractivity contribution in [1.82, 2.24) is 10.6 Å². The zero-order valence-electron chi connectivity index (χ0n) is 12.3. The quantitative estimate of drug-likeness (QED) is 0.860. The van der Waals surface area contributed by atoms with Crippen molar-refractivity contribution in [2.45, 2.75) is 25.7 Å². The van der Waals surface area contributed by atoms with Gasteiger partial charge in [0.1, 0.15) is 0 Å². The van der Waals surface area contributed by atoms with Gasteiger partial charge in [0.15, 0.2) is 0 Å². The van der Waals surface area contributed by atoms with Crippen LogP contribution in [0.2, 0.25) is 10.0 Å². The van der Waals surface area contributed by atoms with Crippen LogP contribution >= 0.6 is 35.6 Å². The number of amides is 1. The Labute approximate surface area is 147 Å². The van der Waals surface area contributed by atoms with Crippen molar-refractivity contribution in [3.05, 3.63) is 33.8 Å². The molecule has 2 aliphatic rings. The molecular weight excluding hydrogens is 343 g/mol. The molecule has 3 rings (SSSR count). The van der Waals surface area contributed by atoms with Crippen LogP contribution in [-0.2, 0) is 11.2 Å². The van der Waals surface area contributed by atoms with Gasteiger partial charge in [0.25, 0.3) is 0 Å². The zero-order chi connectivity index (χ0) is 14.9. The first-order valence-electron chi connectivity index (χ1n) is 7.52. The van der Waals surface area contributed by atoms with E-state index in [0.717, 1.165) is 44.3 Å². The monoisotopic (exact) mass is 362 g/mol. The summed E-state index contributed by atoms with van der Waals surface area (Å²) in [6.45, 7) is 2.73. The van der Waals surface area contributed by atoms with Gasteiger partial charge in [-0.2, -0.15) is 0 Å². The van der Waals surface area contributed by atoms with E-state index >= 15 is 0 Å². The Morgan fingerprint density at radius 3 is 2.50 bits per heavy atom. The lowest BCUT2D eigenvalue weighted by atomic mass is 9.92. The van der Waals surface area contributed by atoms with E-state index in [1.807, 2.05) is 12.1 Å². The van der Waals surface area contributed by atoms with Gasteiger partial charge in [0, 0.05) is 22.5 Å². The van der Waals surface area contributed by atoms with Crippen LogP contribution in [-0.4, -0.2) is 25.5 Å². The number of carbonyl (C=O) groups is 1. The van der Waals surface area contributed by atoms with Crippen LogP contribution in [0.4, 0.5) is 0 Å². The van der Waals surface area contributed by atoms with E-state index in [0.29, 0.717) is 22.0 Å². The molecule has 2 fully saturated rings. The number of nitrogens with one attached hydrogen (secondary N) is 2. The lowest BCUT2D eigenvalue weighted by molar-refractivity contribution is -0.123. The van der Waals surface area contributed by atoms with Gasteiger partial charge in [-0.05, 0) is 68.0 Å². The Morgan fingerprint density at radius 1 is 1.23 bits per heavy atom. The van der Waals surface area contributed by atoms with Crippen molar-refractivity contribution in [2.75, 3.05) is 19.6 Å². The molecule has 1 aliphatic carbocycles. The number of carbonyl (C=O) groups excluding carboxylic acids is 1. The molecule has 1 aromatic rings. The minimum atomic E-state index is 0. The molecule has 0 bridgehead atoms. The van der Waals surface area contributed by atoms with Crippen LogP contribution in [0.15, 0.2) is 18.2 Å². The second kappa shape index (κ2) is 7.39. The van der Waals surface area contributed by atoms with Crippen LogP contribution in [0.5, 0.6) is 0 Å². The molecule has 22 heavy (non-hydrogen) atoms. The highest BCUT2D eigenvalue weighted by Gasteiger charge is 2.57. The van der Waals surface area contributed by atoms with Gasteiger partial charge in [0.05, 0.1) is 0 Å². The number of hydrogen-bond acceptors (Lipinski definition) is 2. The summed E-state index contributed by atoms with van der Waals surface area (Å²) in [5.41, 5.74) is 1.36. The highest BCUT2D eigenvalue weighted by Crippen LogP contribution is 2.58. The summed E-state index contributed by atoms with van der Waals surface area (Å²) in [5.74, 6) is 0.438. The summed E-state index contributed by atoms with van der Waals surface area (Å²) < 4.78 is 0. The predicted molar refractivity (Wildman–Crippen MR) is 93.1 cm³/mol. The molecule has 6 heteroatoms. The van der Waals surface area contributed by atoms with Crippen LogP contribution in [0.3, 0.4) is 0 Å². The smallest absolute Gasteiger partial charge is 0.223 e. The SMILES string of the molecule is Cl.O=C(NCCc1cc(Cl)cc(Cl)c1)C1CC12CCNCC2. The summed E-state index contributed by atoms with van der Waals surface area (Å²) in [7, 11) is 0. The fourth-order valence-corrected chi connectivity index (χ4v) is 3.98. The maximum Gasteiger partial charge on any atom is 0.223 e. The number of halogens is 3. The topological polar surface area (TPSA) is 41.1 Å². The summed E-state index contributed by atoms with van der Waals surface area (Å²) in [5, 5.41) is 7.69. The largest absolute Gasteiger partial charge is 0.356 e. The van der Waals surface area contributed by atoms with Crippen molar-refractivity contribution in [3.8, 4) is 0 Å². The molecule has 0 radical (unpaired) electrons. The van der Waals surface area contributed by atoms with Crippen molar-refractivity contribution >= 4 is 41.5 Å². The normalized spacial score (nSPS) is 22.0.